The number of amidine groups is 1. The number of allylic oxidation sites excluding steroid dienone is 2. The normalized spacial score (nSPS) is 25.5. The van der Waals surface area contributed by atoms with Crippen molar-refractivity contribution in [2.75, 3.05) is 26.2 Å². The molecule has 0 amide bonds. The molecule has 5 aliphatic heterocycles. The summed E-state index contributed by atoms with van der Waals surface area (Å²) >= 11 is 7.27. The molecule has 0 aliphatic carbocycles. The van der Waals surface area contributed by atoms with Gasteiger partial charge in [0.15, 0.2) is 11.7 Å². The smallest absolute Gasteiger partial charge is 0.243 e. The van der Waals surface area contributed by atoms with Crippen LogP contribution in [0, 0.1) is 0 Å². The van der Waals surface area contributed by atoms with Gasteiger partial charge in [-0.05, 0) is 63.6 Å². The van der Waals surface area contributed by atoms with Gasteiger partial charge in [0.25, 0.3) is 0 Å². The summed E-state index contributed by atoms with van der Waals surface area (Å²) in [5.74, 6) is 3.78. The molecule has 5 aliphatic rings. The molecule has 5 heterocycles. The van der Waals surface area contributed by atoms with Gasteiger partial charge in [-0.3, -0.25) is 0 Å². The van der Waals surface area contributed by atoms with Gasteiger partial charge in [-0.15, -0.1) is 0 Å². The number of nitrogens with zero attached hydrogens (tertiary/aromatic N) is 7. The van der Waals surface area contributed by atoms with Crippen molar-refractivity contribution < 1.29 is 0 Å². The van der Waals surface area contributed by atoms with Gasteiger partial charge in [0.05, 0.1) is 8.96 Å². The molecule has 130 valence electrons. The third-order valence-corrected chi connectivity index (χ3v) is 6.06. The maximum Gasteiger partial charge on any atom is 0.243 e. The summed E-state index contributed by atoms with van der Waals surface area (Å²) in [5.41, 5.74) is 0. The lowest BCUT2D eigenvalue weighted by molar-refractivity contribution is 0.499. The van der Waals surface area contributed by atoms with Crippen molar-refractivity contribution in [1.82, 2.24) is 14.7 Å². The van der Waals surface area contributed by atoms with Crippen molar-refractivity contribution >= 4 is 55.6 Å². The predicted octanol–water partition coefficient (Wildman–Crippen LogP) is 2.83. The Morgan fingerprint density at radius 1 is 0.720 bits per heavy atom. The van der Waals surface area contributed by atoms with Crippen molar-refractivity contribution in [2.24, 2.45) is 20.0 Å². The van der Waals surface area contributed by atoms with Crippen molar-refractivity contribution in [3.8, 4) is 0 Å². The first kappa shape index (κ1) is 15.7. The van der Waals surface area contributed by atoms with Crippen LogP contribution < -0.4 is 0 Å². The molecule has 25 heavy (non-hydrogen) atoms. The summed E-state index contributed by atoms with van der Waals surface area (Å²) in [6.07, 6.45) is 6.76. The van der Waals surface area contributed by atoms with Crippen LogP contribution in [-0.4, -0.2) is 64.6 Å². The van der Waals surface area contributed by atoms with Crippen molar-refractivity contribution in [3.63, 3.8) is 0 Å². The van der Waals surface area contributed by atoms with Crippen LogP contribution in [0.4, 0.5) is 0 Å². The van der Waals surface area contributed by atoms with Crippen LogP contribution in [0.3, 0.4) is 0 Å². The maximum atomic E-state index is 4.79. The monoisotopic (exact) mass is 465 g/mol. The number of halogens is 2. The molecule has 0 aromatic heterocycles. The van der Waals surface area contributed by atoms with E-state index in [0.29, 0.717) is 5.96 Å². The average Bonchev–Trinajstić information content (AvgIpc) is 3.31. The Bertz CT molecular complexity index is 808. The van der Waals surface area contributed by atoms with Crippen LogP contribution in [0.1, 0.15) is 25.7 Å². The Kier molecular flexibility index (Phi) is 3.81. The number of guanidine groups is 3. The molecule has 0 bridgehead atoms. The lowest BCUT2D eigenvalue weighted by Crippen LogP contribution is -2.47. The van der Waals surface area contributed by atoms with E-state index >= 15 is 0 Å². The van der Waals surface area contributed by atoms with Gasteiger partial charge < -0.3 is 9.80 Å². The highest BCUT2D eigenvalue weighted by molar-refractivity contribution is 9.12. The Morgan fingerprint density at radius 3 is 1.92 bits per heavy atom. The van der Waals surface area contributed by atoms with Gasteiger partial charge >= 0.3 is 0 Å². The quantitative estimate of drug-likeness (QED) is 0.551. The summed E-state index contributed by atoms with van der Waals surface area (Å²) in [6.45, 7) is 4.01. The van der Waals surface area contributed by atoms with Gasteiger partial charge in [0.1, 0.15) is 0 Å². The highest BCUT2D eigenvalue weighted by Crippen LogP contribution is 2.35. The minimum Gasteiger partial charge on any atom is -0.341 e. The van der Waals surface area contributed by atoms with E-state index < -0.39 is 0 Å². The Labute approximate surface area is 162 Å². The number of aliphatic imine (C=N–C) groups is 4. The zero-order chi connectivity index (χ0) is 17.0. The second-order valence-corrected chi connectivity index (χ2v) is 8.27. The minimum atomic E-state index is 0.654. The molecule has 2 fully saturated rings. The molecule has 5 rings (SSSR count). The second kappa shape index (κ2) is 6.05. The molecule has 2 saturated heterocycles. The number of likely N-dealkylation sites (tertiary alicyclic amines) is 2. The molecule has 0 aromatic carbocycles. The Balaban J connectivity index is 1.62. The van der Waals surface area contributed by atoms with Gasteiger partial charge in [-0.2, -0.15) is 20.0 Å². The predicted molar refractivity (Wildman–Crippen MR) is 106 cm³/mol. The summed E-state index contributed by atoms with van der Waals surface area (Å²) in [4.78, 5) is 25.5. The van der Waals surface area contributed by atoms with Crippen molar-refractivity contribution in [2.45, 2.75) is 25.7 Å². The molecule has 0 saturated carbocycles. The van der Waals surface area contributed by atoms with Gasteiger partial charge in [0.2, 0.25) is 17.9 Å². The van der Waals surface area contributed by atoms with Crippen molar-refractivity contribution in [1.29, 1.82) is 0 Å². The molecule has 0 spiro atoms. The molecule has 0 aromatic rings. The van der Waals surface area contributed by atoms with E-state index in [2.05, 4.69) is 41.7 Å². The average molecular weight is 467 g/mol. The fraction of sp³-hybridized carbons (Fsp3) is 0.500. The summed E-state index contributed by atoms with van der Waals surface area (Å²) < 4.78 is 1.81. The zero-order valence-corrected chi connectivity index (χ0v) is 16.8. The maximum absolute atomic E-state index is 4.79. The van der Waals surface area contributed by atoms with Crippen LogP contribution >= 0.6 is 31.9 Å². The van der Waals surface area contributed by atoms with Crippen LogP contribution in [0.15, 0.2) is 40.8 Å². The first-order chi connectivity index (χ1) is 12.2. The van der Waals surface area contributed by atoms with E-state index in [-0.39, 0.29) is 0 Å². The standard InChI is InChI=1S/C16H17Br2N7/c17-10-9-11(18)13-20-15(24-7-3-4-8-24)22-16-21-14(19-12(10)25(13)16)23-5-1-2-6-23/h9H,1-8H2. The lowest BCUT2D eigenvalue weighted by Gasteiger charge is -2.35. The van der Waals surface area contributed by atoms with E-state index in [4.69, 9.17) is 20.0 Å². The van der Waals surface area contributed by atoms with Crippen LogP contribution in [-0.2, 0) is 0 Å². The molecule has 9 heteroatoms. The fourth-order valence-corrected chi connectivity index (χ4v) is 4.91. The molecule has 0 unspecified atom stereocenters. The highest BCUT2D eigenvalue weighted by Gasteiger charge is 2.37. The van der Waals surface area contributed by atoms with E-state index in [1.807, 2.05) is 11.0 Å². The van der Waals surface area contributed by atoms with E-state index in [1.54, 1.807) is 0 Å². The Morgan fingerprint density at radius 2 is 1.28 bits per heavy atom. The molecule has 7 nitrogen and oxygen atoms in total. The Hall–Kier alpha value is -1.48. The third kappa shape index (κ3) is 2.59. The summed E-state index contributed by atoms with van der Waals surface area (Å²) in [6, 6.07) is 0. The molecular formula is C16H17Br2N7. The second-order valence-electron chi connectivity index (χ2n) is 6.56. The van der Waals surface area contributed by atoms with Gasteiger partial charge in [-0.1, -0.05) is 0 Å². The molecule has 0 N–H and O–H groups in total. The summed E-state index contributed by atoms with van der Waals surface area (Å²) in [7, 11) is 0. The summed E-state index contributed by atoms with van der Waals surface area (Å²) in [5, 5.41) is 0. The van der Waals surface area contributed by atoms with Crippen LogP contribution in [0.2, 0.25) is 0 Å². The van der Waals surface area contributed by atoms with Gasteiger partial charge in [-0.25, -0.2) is 4.90 Å². The van der Waals surface area contributed by atoms with E-state index in [9.17, 15) is 0 Å². The van der Waals surface area contributed by atoms with E-state index in [0.717, 1.165) is 58.7 Å². The SMILES string of the molecule is BrC1=CC(Br)=C2N=C(N3CCCC3)N=C3N=C(N4CCCC4)N=C1N32. The molecular weight excluding hydrogens is 450 g/mol. The highest BCUT2D eigenvalue weighted by atomic mass is 79.9. The first-order valence-electron chi connectivity index (χ1n) is 8.63. The third-order valence-electron chi connectivity index (χ3n) is 4.89. The fourth-order valence-electron chi connectivity index (χ4n) is 3.61. The minimum absolute atomic E-state index is 0.654. The number of hydrogen-bond acceptors (Lipinski definition) is 7. The van der Waals surface area contributed by atoms with Crippen LogP contribution in [0.5, 0.6) is 0 Å². The molecule has 0 radical (unpaired) electrons. The topological polar surface area (TPSA) is 59.2 Å². The van der Waals surface area contributed by atoms with E-state index in [1.165, 1.54) is 25.7 Å². The van der Waals surface area contributed by atoms with Crippen molar-refractivity contribution in [3.05, 3.63) is 20.9 Å². The first-order valence-corrected chi connectivity index (χ1v) is 10.2. The largest absolute Gasteiger partial charge is 0.341 e. The zero-order valence-electron chi connectivity index (χ0n) is 13.6. The number of rotatable bonds is 0. The molecule has 0 atom stereocenters. The van der Waals surface area contributed by atoms with Crippen LogP contribution in [0.25, 0.3) is 0 Å². The number of hydrogen-bond donors (Lipinski definition) is 0. The lowest BCUT2D eigenvalue weighted by atomic mass is 10.3. The van der Waals surface area contributed by atoms with Gasteiger partial charge in [0, 0.05) is 26.2 Å².